The summed E-state index contributed by atoms with van der Waals surface area (Å²) in [7, 11) is 2.13. The van der Waals surface area contributed by atoms with E-state index in [-0.39, 0.29) is 5.91 Å². The molecule has 3 heterocycles. The minimum atomic E-state index is 0.0885. The molecule has 160 valence electrons. The predicted molar refractivity (Wildman–Crippen MR) is 120 cm³/mol. The first-order valence-electron chi connectivity index (χ1n) is 10.7. The Balaban J connectivity index is 1.56. The number of carbonyl (C=O) groups is 1. The number of ether oxygens (including phenoxy) is 1. The zero-order chi connectivity index (χ0) is 21.1. The summed E-state index contributed by atoms with van der Waals surface area (Å²) in [6.45, 7) is 7.60. The molecule has 2 aromatic rings. The average Bonchev–Trinajstić information content (AvgIpc) is 2.76. The Morgan fingerprint density at radius 3 is 2.70 bits per heavy atom. The second-order valence-corrected chi connectivity index (χ2v) is 8.41. The maximum Gasteiger partial charge on any atom is 0.254 e. The van der Waals surface area contributed by atoms with Crippen LogP contribution in [0.15, 0.2) is 30.5 Å². The molecule has 0 bridgehead atoms. The topological polar surface area (TPSA) is 48.9 Å². The van der Waals surface area contributed by atoms with E-state index in [9.17, 15) is 4.79 Å². The number of nitrogens with zero attached hydrogens (tertiary/aromatic N) is 4. The molecule has 0 saturated carbocycles. The van der Waals surface area contributed by atoms with Crippen molar-refractivity contribution >= 4 is 23.2 Å². The van der Waals surface area contributed by atoms with Gasteiger partial charge in [-0.2, -0.15) is 0 Å². The highest BCUT2D eigenvalue weighted by Crippen LogP contribution is 2.36. The van der Waals surface area contributed by atoms with Gasteiger partial charge in [-0.05, 0) is 32.0 Å². The minimum Gasteiger partial charge on any atom is -0.454 e. The zero-order valence-corrected chi connectivity index (χ0v) is 18.5. The van der Waals surface area contributed by atoms with Crippen LogP contribution in [0.25, 0.3) is 0 Å². The standard InChI is InChI=1S/C23H29ClN4O2/c1-3-4-9-28-10-8-18-19(23(28)29)6-5-7-20(18)30-21-15-17(16-25-22(21)24)27-13-11-26(2)12-14-27/h5-7,15-16H,3-4,8-14H2,1-2H3. The quantitative estimate of drug-likeness (QED) is 0.649. The molecular formula is C23H29ClN4O2. The van der Waals surface area contributed by atoms with E-state index in [4.69, 9.17) is 16.3 Å². The Hall–Kier alpha value is -2.31. The molecule has 4 rings (SSSR count). The number of fused-ring (bicyclic) bond motifs is 1. The van der Waals surface area contributed by atoms with Crippen LogP contribution in [-0.4, -0.2) is 67.0 Å². The number of hydrogen-bond acceptors (Lipinski definition) is 5. The molecule has 2 aliphatic rings. The van der Waals surface area contributed by atoms with E-state index in [0.29, 0.717) is 16.7 Å². The first-order chi connectivity index (χ1) is 14.6. The molecule has 0 atom stereocenters. The Labute approximate surface area is 183 Å². The van der Waals surface area contributed by atoms with Crippen molar-refractivity contribution in [3.8, 4) is 11.5 Å². The van der Waals surface area contributed by atoms with Crippen molar-refractivity contribution in [3.63, 3.8) is 0 Å². The number of rotatable bonds is 6. The number of piperazine rings is 1. The molecule has 1 aromatic heterocycles. The van der Waals surface area contributed by atoms with Crippen LogP contribution >= 0.6 is 11.6 Å². The van der Waals surface area contributed by atoms with E-state index < -0.39 is 0 Å². The number of aromatic nitrogens is 1. The van der Waals surface area contributed by atoms with Crippen LogP contribution in [0.4, 0.5) is 5.69 Å². The van der Waals surface area contributed by atoms with Gasteiger partial charge in [-0.3, -0.25) is 4.79 Å². The second-order valence-electron chi connectivity index (χ2n) is 8.05. The van der Waals surface area contributed by atoms with Gasteiger partial charge in [-0.1, -0.05) is 31.0 Å². The Morgan fingerprint density at radius 2 is 1.93 bits per heavy atom. The van der Waals surface area contributed by atoms with E-state index in [1.807, 2.05) is 29.2 Å². The van der Waals surface area contributed by atoms with Gasteiger partial charge in [-0.25, -0.2) is 4.98 Å². The van der Waals surface area contributed by atoms with Gasteiger partial charge in [-0.15, -0.1) is 0 Å². The number of hydrogen-bond donors (Lipinski definition) is 0. The predicted octanol–water partition coefficient (Wildman–Crippen LogP) is 4.08. The second kappa shape index (κ2) is 9.23. The Kier molecular flexibility index (Phi) is 6.44. The fourth-order valence-electron chi connectivity index (χ4n) is 4.05. The SMILES string of the molecule is CCCCN1CCc2c(Oc3cc(N4CCN(C)CC4)cnc3Cl)cccc2C1=O. The fraction of sp³-hybridized carbons (Fsp3) is 0.478. The van der Waals surface area contributed by atoms with Crippen molar-refractivity contribution in [2.75, 3.05) is 51.2 Å². The number of likely N-dealkylation sites (N-methyl/N-ethyl adjacent to an activating group) is 1. The molecule has 2 aliphatic heterocycles. The summed E-state index contributed by atoms with van der Waals surface area (Å²) >= 11 is 6.36. The molecule has 1 amide bonds. The number of halogens is 1. The Bertz CT molecular complexity index is 912. The molecule has 0 spiro atoms. The van der Waals surface area contributed by atoms with Gasteiger partial charge in [0.25, 0.3) is 5.91 Å². The van der Waals surface area contributed by atoms with Crippen LogP contribution in [0.3, 0.4) is 0 Å². The number of amides is 1. The molecule has 0 N–H and O–H groups in total. The van der Waals surface area contributed by atoms with Crippen molar-refractivity contribution in [1.82, 2.24) is 14.8 Å². The van der Waals surface area contributed by atoms with Crippen LogP contribution in [0.2, 0.25) is 5.15 Å². The van der Waals surface area contributed by atoms with Gasteiger partial charge in [0.05, 0.1) is 11.9 Å². The smallest absolute Gasteiger partial charge is 0.254 e. The van der Waals surface area contributed by atoms with Gasteiger partial charge in [0, 0.05) is 56.5 Å². The summed E-state index contributed by atoms with van der Waals surface area (Å²) in [5.74, 6) is 1.31. The van der Waals surface area contributed by atoms with E-state index in [1.54, 1.807) is 6.20 Å². The molecule has 0 unspecified atom stereocenters. The van der Waals surface area contributed by atoms with E-state index in [1.165, 1.54) is 0 Å². The molecular weight excluding hydrogens is 400 g/mol. The van der Waals surface area contributed by atoms with Gasteiger partial charge in [0.1, 0.15) is 5.75 Å². The average molecular weight is 429 g/mol. The van der Waals surface area contributed by atoms with Crippen LogP contribution in [0.5, 0.6) is 11.5 Å². The minimum absolute atomic E-state index is 0.0885. The van der Waals surface area contributed by atoms with E-state index in [2.05, 4.69) is 28.8 Å². The van der Waals surface area contributed by atoms with Crippen molar-refractivity contribution in [2.24, 2.45) is 0 Å². The lowest BCUT2D eigenvalue weighted by atomic mass is 9.97. The molecule has 1 aromatic carbocycles. The lowest BCUT2D eigenvalue weighted by Crippen LogP contribution is -2.44. The highest BCUT2D eigenvalue weighted by atomic mass is 35.5. The summed E-state index contributed by atoms with van der Waals surface area (Å²) in [5.41, 5.74) is 2.69. The van der Waals surface area contributed by atoms with Crippen LogP contribution in [0, 0.1) is 0 Å². The number of unbranched alkanes of at least 4 members (excludes halogenated alkanes) is 1. The first-order valence-corrected chi connectivity index (χ1v) is 11.1. The third-order valence-electron chi connectivity index (χ3n) is 5.94. The van der Waals surface area contributed by atoms with Crippen molar-refractivity contribution < 1.29 is 9.53 Å². The summed E-state index contributed by atoms with van der Waals surface area (Å²) < 4.78 is 6.22. The molecule has 7 heteroatoms. The van der Waals surface area contributed by atoms with Crippen LogP contribution in [0.1, 0.15) is 35.7 Å². The Morgan fingerprint density at radius 1 is 1.13 bits per heavy atom. The zero-order valence-electron chi connectivity index (χ0n) is 17.7. The van der Waals surface area contributed by atoms with Crippen molar-refractivity contribution in [1.29, 1.82) is 0 Å². The van der Waals surface area contributed by atoms with Gasteiger partial charge >= 0.3 is 0 Å². The lowest BCUT2D eigenvalue weighted by Gasteiger charge is -2.34. The summed E-state index contributed by atoms with van der Waals surface area (Å²) in [5, 5.41) is 0.331. The third kappa shape index (κ3) is 4.40. The first kappa shape index (κ1) is 20.9. The molecule has 0 radical (unpaired) electrons. The molecule has 6 nitrogen and oxygen atoms in total. The number of carbonyl (C=O) groups excluding carboxylic acids is 1. The summed E-state index contributed by atoms with van der Waals surface area (Å²) in [6, 6.07) is 7.63. The molecule has 30 heavy (non-hydrogen) atoms. The maximum absolute atomic E-state index is 12.9. The number of anilines is 1. The van der Waals surface area contributed by atoms with Crippen LogP contribution in [-0.2, 0) is 6.42 Å². The normalized spacial score (nSPS) is 17.2. The monoisotopic (exact) mass is 428 g/mol. The lowest BCUT2D eigenvalue weighted by molar-refractivity contribution is 0.0736. The molecule has 1 saturated heterocycles. The van der Waals surface area contributed by atoms with E-state index in [0.717, 1.165) is 75.3 Å². The van der Waals surface area contributed by atoms with Gasteiger partial charge in [0.2, 0.25) is 0 Å². The van der Waals surface area contributed by atoms with E-state index >= 15 is 0 Å². The van der Waals surface area contributed by atoms with Crippen molar-refractivity contribution in [3.05, 3.63) is 46.7 Å². The molecule has 1 fully saturated rings. The summed E-state index contributed by atoms with van der Waals surface area (Å²) in [4.78, 5) is 23.8. The van der Waals surface area contributed by atoms with Gasteiger partial charge in [0.15, 0.2) is 10.9 Å². The largest absolute Gasteiger partial charge is 0.454 e. The summed E-state index contributed by atoms with van der Waals surface area (Å²) in [6.07, 6.45) is 4.69. The third-order valence-corrected chi connectivity index (χ3v) is 6.23. The maximum atomic E-state index is 12.9. The molecule has 0 aliphatic carbocycles. The highest BCUT2D eigenvalue weighted by molar-refractivity contribution is 6.30. The fourth-order valence-corrected chi connectivity index (χ4v) is 4.19. The highest BCUT2D eigenvalue weighted by Gasteiger charge is 2.27. The number of pyridine rings is 1. The van der Waals surface area contributed by atoms with Crippen LogP contribution < -0.4 is 9.64 Å². The van der Waals surface area contributed by atoms with Gasteiger partial charge < -0.3 is 19.4 Å². The number of benzene rings is 1. The van der Waals surface area contributed by atoms with Crippen molar-refractivity contribution in [2.45, 2.75) is 26.2 Å².